The van der Waals surface area contributed by atoms with Crippen LogP contribution in [0.3, 0.4) is 0 Å². The van der Waals surface area contributed by atoms with E-state index in [2.05, 4.69) is 47.9 Å². The molecule has 1 heterocycles. The number of rotatable bonds is 7. The Hall–Kier alpha value is -0.380. The molecule has 1 saturated carbocycles. The summed E-state index contributed by atoms with van der Waals surface area (Å²) in [6, 6.07) is 3.03. The molecule has 114 valence electrons. The molecule has 1 aliphatic rings. The van der Waals surface area contributed by atoms with Gasteiger partial charge in [-0.05, 0) is 73.5 Å². The van der Waals surface area contributed by atoms with Crippen LogP contribution in [0.1, 0.15) is 45.1 Å². The predicted molar refractivity (Wildman–Crippen MR) is 89.6 cm³/mol. The summed E-state index contributed by atoms with van der Waals surface area (Å²) in [6.07, 6.45) is 6.67. The second kappa shape index (κ2) is 7.58. The third kappa shape index (κ3) is 5.19. The van der Waals surface area contributed by atoms with Gasteiger partial charge < -0.3 is 10.2 Å². The van der Waals surface area contributed by atoms with Crippen molar-refractivity contribution in [2.24, 2.45) is 5.41 Å². The van der Waals surface area contributed by atoms with Crippen LogP contribution < -0.4 is 5.32 Å². The van der Waals surface area contributed by atoms with Crippen LogP contribution in [-0.2, 0) is 6.42 Å². The van der Waals surface area contributed by atoms with Gasteiger partial charge in [-0.1, -0.05) is 13.8 Å². The van der Waals surface area contributed by atoms with Gasteiger partial charge in [-0.25, -0.2) is 0 Å². The van der Waals surface area contributed by atoms with E-state index in [0.717, 1.165) is 25.6 Å². The molecule has 0 aliphatic heterocycles. The van der Waals surface area contributed by atoms with Gasteiger partial charge >= 0.3 is 0 Å². The first-order valence-electron chi connectivity index (χ1n) is 7.99. The molecule has 20 heavy (non-hydrogen) atoms. The Morgan fingerprint density at radius 3 is 2.70 bits per heavy atom. The first-order chi connectivity index (χ1) is 9.57. The molecule has 0 aromatic carbocycles. The summed E-state index contributed by atoms with van der Waals surface area (Å²) >= 11 is 1.79. The Morgan fingerprint density at radius 2 is 2.05 bits per heavy atom. The number of nitrogens with one attached hydrogen (secondary N) is 1. The highest BCUT2D eigenvalue weighted by atomic mass is 32.1. The summed E-state index contributed by atoms with van der Waals surface area (Å²) in [5.41, 5.74) is 2.04. The molecule has 1 aromatic rings. The number of likely N-dealkylation sites (N-methyl/N-ethyl adjacent to an activating group) is 1. The Balaban J connectivity index is 1.55. The lowest BCUT2D eigenvalue weighted by Crippen LogP contribution is -2.40. The molecule has 2 nitrogen and oxygen atoms in total. The lowest BCUT2D eigenvalue weighted by atomic mass is 9.75. The maximum absolute atomic E-state index is 3.57. The maximum atomic E-state index is 3.57. The van der Waals surface area contributed by atoms with E-state index in [-0.39, 0.29) is 0 Å². The summed E-state index contributed by atoms with van der Waals surface area (Å²) in [7, 11) is 2.30. The summed E-state index contributed by atoms with van der Waals surface area (Å²) in [5, 5.41) is 7.98. The van der Waals surface area contributed by atoms with Crippen LogP contribution in [0.5, 0.6) is 0 Å². The Labute approximate surface area is 128 Å². The molecule has 1 aromatic heterocycles. The van der Waals surface area contributed by atoms with Crippen molar-refractivity contribution in [1.82, 2.24) is 10.2 Å². The first kappa shape index (κ1) is 16.0. The minimum absolute atomic E-state index is 0.579. The highest BCUT2D eigenvalue weighted by molar-refractivity contribution is 7.07. The third-order valence-corrected chi connectivity index (χ3v) is 5.48. The van der Waals surface area contributed by atoms with Gasteiger partial charge in [0.25, 0.3) is 0 Å². The topological polar surface area (TPSA) is 15.3 Å². The van der Waals surface area contributed by atoms with Gasteiger partial charge in [0.2, 0.25) is 0 Å². The lowest BCUT2D eigenvalue weighted by molar-refractivity contribution is 0.128. The zero-order valence-electron chi connectivity index (χ0n) is 13.3. The molecule has 0 amide bonds. The monoisotopic (exact) mass is 294 g/mol. The Kier molecular flexibility index (Phi) is 6.06. The van der Waals surface area contributed by atoms with Crippen LogP contribution in [0, 0.1) is 5.41 Å². The van der Waals surface area contributed by atoms with Crippen LogP contribution in [0.15, 0.2) is 16.8 Å². The average Bonchev–Trinajstić information content (AvgIpc) is 2.91. The third-order valence-electron chi connectivity index (χ3n) is 4.74. The zero-order valence-corrected chi connectivity index (χ0v) is 14.1. The van der Waals surface area contributed by atoms with Gasteiger partial charge in [0.05, 0.1) is 0 Å². The van der Waals surface area contributed by atoms with Gasteiger partial charge in [-0.3, -0.25) is 0 Å². The second-order valence-corrected chi connectivity index (χ2v) is 7.79. The number of nitrogens with zero attached hydrogens (tertiary/aromatic N) is 1. The maximum Gasteiger partial charge on any atom is 0.0107 e. The summed E-state index contributed by atoms with van der Waals surface area (Å²) < 4.78 is 0. The number of hydrogen-bond acceptors (Lipinski definition) is 3. The fourth-order valence-electron chi connectivity index (χ4n) is 3.06. The largest absolute Gasteiger partial charge is 0.315 e. The Bertz CT molecular complexity index is 362. The van der Waals surface area contributed by atoms with Crippen molar-refractivity contribution in [2.75, 3.05) is 26.7 Å². The van der Waals surface area contributed by atoms with E-state index < -0.39 is 0 Å². The van der Waals surface area contributed by atoms with Gasteiger partial charge in [0.15, 0.2) is 0 Å². The zero-order chi connectivity index (χ0) is 14.4. The summed E-state index contributed by atoms with van der Waals surface area (Å²) in [5.74, 6) is 0. The predicted octanol–water partition coefficient (Wildman–Crippen LogP) is 3.78. The molecule has 2 rings (SSSR count). The molecule has 0 spiro atoms. The van der Waals surface area contributed by atoms with Crippen LogP contribution >= 0.6 is 11.3 Å². The minimum Gasteiger partial charge on any atom is -0.315 e. The number of thiophene rings is 1. The van der Waals surface area contributed by atoms with Crippen molar-refractivity contribution < 1.29 is 0 Å². The van der Waals surface area contributed by atoms with Gasteiger partial charge in [0.1, 0.15) is 0 Å². The molecule has 3 heteroatoms. The van der Waals surface area contributed by atoms with Crippen molar-refractivity contribution in [2.45, 2.75) is 52.0 Å². The molecule has 0 saturated heterocycles. The van der Waals surface area contributed by atoms with Gasteiger partial charge in [0, 0.05) is 19.1 Å². The van der Waals surface area contributed by atoms with Crippen molar-refractivity contribution in [3.05, 3.63) is 22.4 Å². The molecule has 1 fully saturated rings. The van der Waals surface area contributed by atoms with E-state index in [4.69, 9.17) is 0 Å². The van der Waals surface area contributed by atoms with Crippen LogP contribution in [0.2, 0.25) is 0 Å². The van der Waals surface area contributed by atoms with E-state index in [9.17, 15) is 0 Å². The van der Waals surface area contributed by atoms with Crippen LogP contribution in [0.25, 0.3) is 0 Å². The quantitative estimate of drug-likeness (QED) is 0.770. The fraction of sp³-hybridized carbons (Fsp3) is 0.765. The highest BCUT2D eigenvalue weighted by Crippen LogP contribution is 2.36. The van der Waals surface area contributed by atoms with Crippen molar-refractivity contribution >= 4 is 11.3 Å². The SMILES string of the molecule is CN(CCNCCc1ccsc1)C1CCC(C)(C)CC1. The van der Waals surface area contributed by atoms with Crippen molar-refractivity contribution in [3.8, 4) is 0 Å². The molecule has 1 aliphatic carbocycles. The molecule has 1 N–H and O–H groups in total. The molecule has 0 atom stereocenters. The Morgan fingerprint density at radius 1 is 1.30 bits per heavy atom. The molecular weight excluding hydrogens is 264 g/mol. The van der Waals surface area contributed by atoms with E-state index in [0.29, 0.717) is 5.41 Å². The molecule has 0 unspecified atom stereocenters. The van der Waals surface area contributed by atoms with E-state index in [1.807, 2.05) is 0 Å². The van der Waals surface area contributed by atoms with Crippen molar-refractivity contribution in [1.29, 1.82) is 0 Å². The fourth-order valence-corrected chi connectivity index (χ4v) is 3.76. The average molecular weight is 295 g/mol. The first-order valence-corrected chi connectivity index (χ1v) is 8.93. The van der Waals surface area contributed by atoms with Gasteiger partial charge in [-0.2, -0.15) is 11.3 Å². The molecule has 0 bridgehead atoms. The van der Waals surface area contributed by atoms with Crippen LogP contribution in [0.4, 0.5) is 0 Å². The van der Waals surface area contributed by atoms with Gasteiger partial charge in [-0.15, -0.1) is 0 Å². The standard InChI is InChI=1S/C17H30N2S/c1-17(2)8-4-16(5-9-17)19(3)12-11-18-10-6-15-7-13-20-14-15/h7,13-14,16,18H,4-6,8-12H2,1-3H3. The smallest absolute Gasteiger partial charge is 0.0107 e. The molecular formula is C17H30N2S. The second-order valence-electron chi connectivity index (χ2n) is 7.01. The van der Waals surface area contributed by atoms with Crippen LogP contribution in [-0.4, -0.2) is 37.6 Å². The number of hydrogen-bond donors (Lipinski definition) is 1. The van der Waals surface area contributed by atoms with Crippen molar-refractivity contribution in [3.63, 3.8) is 0 Å². The van der Waals surface area contributed by atoms with E-state index in [1.165, 1.54) is 37.8 Å². The lowest BCUT2D eigenvalue weighted by Gasteiger charge is -2.38. The summed E-state index contributed by atoms with van der Waals surface area (Å²) in [4.78, 5) is 2.56. The van der Waals surface area contributed by atoms with E-state index in [1.54, 1.807) is 11.3 Å². The molecule has 0 radical (unpaired) electrons. The summed E-state index contributed by atoms with van der Waals surface area (Å²) in [6.45, 7) is 8.21. The highest BCUT2D eigenvalue weighted by Gasteiger charge is 2.28. The van der Waals surface area contributed by atoms with E-state index >= 15 is 0 Å². The normalized spacial score (nSPS) is 19.6. The minimum atomic E-state index is 0.579.